The number of aromatic nitrogens is 1. The van der Waals surface area contributed by atoms with E-state index in [9.17, 15) is 9.65 Å². The van der Waals surface area contributed by atoms with Gasteiger partial charge in [-0.2, -0.15) is 5.26 Å². The first-order valence-electron chi connectivity index (χ1n) is 6.92. The maximum absolute atomic E-state index is 14.3. The molecule has 3 nitrogen and oxygen atoms in total. The molecule has 24 heavy (non-hydrogen) atoms. The Morgan fingerprint density at radius 1 is 1.08 bits per heavy atom. The van der Waals surface area contributed by atoms with E-state index in [1.807, 2.05) is 6.07 Å². The van der Waals surface area contributed by atoms with E-state index in [0.717, 1.165) is 5.56 Å². The molecule has 0 unspecified atom stereocenters. The average molecular weight is 358 g/mol. The third kappa shape index (κ3) is 2.92. The molecule has 3 aromatic rings. The Bertz CT molecular complexity index is 943. The van der Waals surface area contributed by atoms with Gasteiger partial charge >= 0.3 is 0 Å². The summed E-state index contributed by atoms with van der Waals surface area (Å²) >= 11 is 12.0. The van der Waals surface area contributed by atoms with Crippen LogP contribution in [0.3, 0.4) is 0 Å². The molecular weight excluding hydrogens is 348 g/mol. The fourth-order valence-electron chi connectivity index (χ4n) is 2.40. The smallest absolute Gasteiger partial charge is 0.142 e. The van der Waals surface area contributed by atoms with Crippen molar-refractivity contribution in [3.8, 4) is 28.5 Å². The summed E-state index contributed by atoms with van der Waals surface area (Å²) in [4.78, 5) is 4.24. The number of benzene rings is 2. The van der Waals surface area contributed by atoms with Crippen molar-refractivity contribution in [3.63, 3.8) is 0 Å². The van der Waals surface area contributed by atoms with Crippen LogP contribution in [-0.2, 0) is 0 Å². The van der Waals surface area contributed by atoms with Crippen LogP contribution in [0.2, 0.25) is 10.0 Å². The first-order valence-corrected chi connectivity index (χ1v) is 7.68. The number of pyridine rings is 1. The average Bonchev–Trinajstić information content (AvgIpc) is 2.55. The summed E-state index contributed by atoms with van der Waals surface area (Å²) in [5.41, 5.74) is 7.66. The van der Waals surface area contributed by atoms with Crippen LogP contribution in [0.4, 0.5) is 10.2 Å². The van der Waals surface area contributed by atoms with Gasteiger partial charge in [0.05, 0.1) is 10.7 Å². The number of nitriles is 1. The fraction of sp³-hybridized carbons (Fsp3) is 0. The summed E-state index contributed by atoms with van der Waals surface area (Å²) in [6.07, 6.45) is 0. The third-order valence-corrected chi connectivity index (χ3v) is 4.10. The Morgan fingerprint density at radius 3 is 2.42 bits per heavy atom. The van der Waals surface area contributed by atoms with Gasteiger partial charge in [0, 0.05) is 21.7 Å². The second kappa shape index (κ2) is 6.48. The van der Waals surface area contributed by atoms with Gasteiger partial charge in [0.1, 0.15) is 23.3 Å². The Hall–Kier alpha value is -2.61. The van der Waals surface area contributed by atoms with E-state index in [2.05, 4.69) is 4.98 Å². The van der Waals surface area contributed by atoms with Crippen molar-refractivity contribution in [2.24, 2.45) is 0 Å². The monoisotopic (exact) mass is 357 g/mol. The molecule has 1 heterocycles. The van der Waals surface area contributed by atoms with Crippen LogP contribution in [0.1, 0.15) is 5.56 Å². The molecule has 0 atom stereocenters. The van der Waals surface area contributed by atoms with E-state index in [1.165, 1.54) is 12.1 Å². The van der Waals surface area contributed by atoms with Crippen LogP contribution in [0.5, 0.6) is 0 Å². The van der Waals surface area contributed by atoms with Gasteiger partial charge in [-0.3, -0.25) is 0 Å². The highest BCUT2D eigenvalue weighted by molar-refractivity contribution is 6.33. The molecule has 0 spiro atoms. The lowest BCUT2D eigenvalue weighted by Gasteiger charge is -2.12. The quantitative estimate of drug-likeness (QED) is 0.675. The lowest BCUT2D eigenvalue weighted by molar-refractivity contribution is 0.631. The molecule has 0 bridgehead atoms. The van der Waals surface area contributed by atoms with E-state index in [-0.39, 0.29) is 22.0 Å². The van der Waals surface area contributed by atoms with Gasteiger partial charge in [-0.05, 0) is 30.3 Å². The van der Waals surface area contributed by atoms with Crippen molar-refractivity contribution in [2.45, 2.75) is 0 Å². The summed E-state index contributed by atoms with van der Waals surface area (Å²) in [7, 11) is 0. The zero-order chi connectivity index (χ0) is 17.3. The summed E-state index contributed by atoms with van der Waals surface area (Å²) in [6, 6.07) is 14.9. The van der Waals surface area contributed by atoms with Gasteiger partial charge in [0.25, 0.3) is 0 Å². The molecule has 0 radical (unpaired) electrons. The van der Waals surface area contributed by atoms with Crippen LogP contribution >= 0.6 is 23.2 Å². The summed E-state index contributed by atoms with van der Waals surface area (Å²) in [5.74, 6) is -0.522. The number of hydrogen-bond acceptors (Lipinski definition) is 3. The van der Waals surface area contributed by atoms with E-state index in [0.29, 0.717) is 16.3 Å². The van der Waals surface area contributed by atoms with Crippen molar-refractivity contribution >= 4 is 29.0 Å². The first kappa shape index (κ1) is 16.3. The van der Waals surface area contributed by atoms with Gasteiger partial charge in [-0.1, -0.05) is 41.4 Å². The van der Waals surface area contributed by atoms with Gasteiger partial charge < -0.3 is 5.73 Å². The molecule has 0 fully saturated rings. The van der Waals surface area contributed by atoms with Gasteiger partial charge in [0.2, 0.25) is 0 Å². The Balaban J connectivity index is 2.29. The largest absolute Gasteiger partial charge is 0.383 e. The zero-order valence-corrected chi connectivity index (χ0v) is 13.7. The highest BCUT2D eigenvalue weighted by Gasteiger charge is 2.18. The number of hydrogen-bond donors (Lipinski definition) is 1. The van der Waals surface area contributed by atoms with Crippen molar-refractivity contribution in [1.82, 2.24) is 4.98 Å². The molecule has 0 aliphatic heterocycles. The highest BCUT2D eigenvalue weighted by Crippen LogP contribution is 2.36. The molecule has 2 N–H and O–H groups in total. The second-order valence-electron chi connectivity index (χ2n) is 5.03. The lowest BCUT2D eigenvalue weighted by Crippen LogP contribution is -2.01. The standard InChI is InChI=1S/C18H10Cl2FN3/c19-11-6-4-10(5-7-11)16-8-12(13(9-22)18(23)24-16)17-14(20)2-1-3-15(17)21/h1-8H,(H2,23,24). The highest BCUT2D eigenvalue weighted by atomic mass is 35.5. The minimum absolute atomic E-state index is 0.0132. The summed E-state index contributed by atoms with van der Waals surface area (Å²) in [6.45, 7) is 0. The number of halogens is 3. The Morgan fingerprint density at radius 2 is 1.79 bits per heavy atom. The van der Waals surface area contributed by atoms with Crippen LogP contribution in [0.15, 0.2) is 48.5 Å². The number of rotatable bonds is 2. The maximum Gasteiger partial charge on any atom is 0.142 e. The van der Waals surface area contributed by atoms with Crippen LogP contribution in [-0.4, -0.2) is 4.98 Å². The van der Waals surface area contributed by atoms with Crippen LogP contribution < -0.4 is 5.73 Å². The van der Waals surface area contributed by atoms with E-state index < -0.39 is 5.82 Å². The van der Waals surface area contributed by atoms with Gasteiger partial charge in [-0.15, -0.1) is 0 Å². The SMILES string of the molecule is N#Cc1c(-c2c(F)cccc2Cl)cc(-c2ccc(Cl)cc2)nc1N. The summed E-state index contributed by atoms with van der Waals surface area (Å²) < 4.78 is 14.3. The van der Waals surface area contributed by atoms with Crippen molar-refractivity contribution in [2.75, 3.05) is 5.73 Å². The molecule has 0 saturated carbocycles. The minimum atomic E-state index is -0.536. The molecule has 6 heteroatoms. The molecule has 0 aliphatic carbocycles. The molecule has 0 saturated heterocycles. The van der Waals surface area contributed by atoms with Crippen molar-refractivity contribution in [3.05, 3.63) is 70.0 Å². The van der Waals surface area contributed by atoms with Crippen molar-refractivity contribution < 1.29 is 4.39 Å². The molecule has 1 aromatic heterocycles. The molecule has 3 rings (SSSR count). The van der Waals surface area contributed by atoms with Crippen molar-refractivity contribution in [1.29, 1.82) is 5.26 Å². The second-order valence-corrected chi connectivity index (χ2v) is 5.87. The molecular formula is C18H10Cl2FN3. The normalized spacial score (nSPS) is 10.4. The zero-order valence-electron chi connectivity index (χ0n) is 12.2. The maximum atomic E-state index is 14.3. The van der Waals surface area contributed by atoms with E-state index >= 15 is 0 Å². The molecule has 0 aliphatic rings. The van der Waals surface area contributed by atoms with Crippen LogP contribution in [0, 0.1) is 17.1 Å². The summed E-state index contributed by atoms with van der Waals surface area (Å²) in [5, 5.41) is 10.2. The number of nitrogens with zero attached hydrogens (tertiary/aromatic N) is 2. The lowest BCUT2D eigenvalue weighted by atomic mass is 9.98. The minimum Gasteiger partial charge on any atom is -0.383 e. The Kier molecular flexibility index (Phi) is 4.39. The fourth-order valence-corrected chi connectivity index (χ4v) is 2.79. The predicted octanol–water partition coefficient (Wildman–Crippen LogP) is 5.32. The van der Waals surface area contributed by atoms with E-state index in [1.54, 1.807) is 36.4 Å². The Labute approximate surface area is 148 Å². The first-order chi connectivity index (χ1) is 11.5. The van der Waals surface area contributed by atoms with Gasteiger partial charge in [-0.25, -0.2) is 9.37 Å². The van der Waals surface area contributed by atoms with E-state index in [4.69, 9.17) is 28.9 Å². The number of anilines is 1. The molecule has 118 valence electrons. The predicted molar refractivity (Wildman–Crippen MR) is 94.2 cm³/mol. The topological polar surface area (TPSA) is 62.7 Å². The molecule has 2 aromatic carbocycles. The van der Waals surface area contributed by atoms with Gasteiger partial charge in [0.15, 0.2) is 0 Å². The number of nitrogens with two attached hydrogens (primary N) is 1. The molecule has 0 amide bonds. The van der Waals surface area contributed by atoms with Crippen LogP contribution in [0.25, 0.3) is 22.4 Å². The number of nitrogen functional groups attached to an aromatic ring is 1. The third-order valence-electron chi connectivity index (χ3n) is 3.53.